The first-order valence-corrected chi connectivity index (χ1v) is 6.15. The molecule has 0 aliphatic rings. The molecule has 0 saturated heterocycles. The summed E-state index contributed by atoms with van der Waals surface area (Å²) in [7, 11) is 0. The molecule has 0 aromatic heterocycles. The van der Waals surface area contributed by atoms with Gasteiger partial charge in [0.2, 0.25) is 0 Å². The Morgan fingerprint density at radius 3 is 1.86 bits per heavy atom. The Morgan fingerprint density at radius 1 is 0.929 bits per heavy atom. The molecule has 0 fully saturated rings. The molecule has 0 spiro atoms. The van der Waals surface area contributed by atoms with Crippen molar-refractivity contribution in [1.29, 1.82) is 0 Å². The largest absolute Gasteiger partial charge is 0.0857 e. The van der Waals surface area contributed by atoms with E-state index in [0.717, 1.165) is 17.8 Å². The van der Waals surface area contributed by atoms with E-state index >= 15 is 0 Å². The predicted molar refractivity (Wildman–Crippen MR) is 66.4 cm³/mol. The third kappa shape index (κ3) is 6.23. The van der Waals surface area contributed by atoms with Gasteiger partial charge in [-0.3, -0.25) is 0 Å². The Morgan fingerprint density at radius 2 is 1.50 bits per heavy atom. The van der Waals surface area contributed by atoms with Crippen LogP contribution in [0.3, 0.4) is 0 Å². The highest BCUT2D eigenvalue weighted by Gasteiger charge is 2.13. The Kier molecular flexibility index (Phi) is 6.96. The van der Waals surface area contributed by atoms with Crippen LogP contribution < -0.4 is 0 Å². The van der Waals surface area contributed by atoms with Crippen LogP contribution >= 0.6 is 0 Å². The van der Waals surface area contributed by atoms with Gasteiger partial charge in [-0.05, 0) is 36.5 Å². The van der Waals surface area contributed by atoms with Gasteiger partial charge in [0, 0.05) is 0 Å². The fraction of sp³-hybridized carbons (Fsp3) is 0.857. The lowest BCUT2D eigenvalue weighted by Gasteiger charge is -2.21. The molecule has 0 radical (unpaired) electrons. The van der Waals surface area contributed by atoms with E-state index in [9.17, 15) is 0 Å². The van der Waals surface area contributed by atoms with E-state index in [0.29, 0.717) is 5.92 Å². The summed E-state index contributed by atoms with van der Waals surface area (Å²) in [5.41, 5.74) is 0. The van der Waals surface area contributed by atoms with E-state index in [1.54, 1.807) is 0 Å². The number of rotatable bonds is 6. The van der Waals surface area contributed by atoms with Crippen LogP contribution in [0.2, 0.25) is 0 Å². The van der Waals surface area contributed by atoms with Gasteiger partial charge in [0.05, 0.1) is 0 Å². The maximum Gasteiger partial charge on any atom is -0.0210 e. The van der Waals surface area contributed by atoms with Crippen LogP contribution in [-0.2, 0) is 0 Å². The summed E-state index contributed by atoms with van der Waals surface area (Å²) in [6.45, 7) is 13.8. The van der Waals surface area contributed by atoms with Crippen molar-refractivity contribution in [3.63, 3.8) is 0 Å². The average molecular weight is 196 g/mol. The molecule has 0 N–H and O–H groups in total. The zero-order valence-corrected chi connectivity index (χ0v) is 10.9. The summed E-state index contributed by atoms with van der Waals surface area (Å²) < 4.78 is 0. The standard InChI is InChI=1S/C14H28/c1-7-14(9-8-11(2)3)13(6)10-12(4)5/h8-9,11-14H,7,10H2,1-6H3. The molecular weight excluding hydrogens is 168 g/mol. The van der Waals surface area contributed by atoms with Gasteiger partial charge in [-0.1, -0.05) is 53.7 Å². The quantitative estimate of drug-likeness (QED) is 0.530. The van der Waals surface area contributed by atoms with Crippen molar-refractivity contribution in [1.82, 2.24) is 0 Å². The minimum absolute atomic E-state index is 0.690. The van der Waals surface area contributed by atoms with Crippen molar-refractivity contribution >= 4 is 0 Å². The monoisotopic (exact) mass is 196 g/mol. The highest BCUT2D eigenvalue weighted by atomic mass is 14.2. The molecule has 0 rings (SSSR count). The summed E-state index contributed by atoms with van der Waals surface area (Å²) in [6, 6.07) is 0. The van der Waals surface area contributed by atoms with Gasteiger partial charge in [-0.25, -0.2) is 0 Å². The van der Waals surface area contributed by atoms with Crippen LogP contribution in [0.5, 0.6) is 0 Å². The van der Waals surface area contributed by atoms with E-state index in [4.69, 9.17) is 0 Å². The van der Waals surface area contributed by atoms with E-state index in [2.05, 4.69) is 53.7 Å². The first kappa shape index (κ1) is 13.7. The number of hydrogen-bond donors (Lipinski definition) is 0. The first-order valence-electron chi connectivity index (χ1n) is 6.15. The van der Waals surface area contributed by atoms with Crippen LogP contribution in [0.15, 0.2) is 12.2 Å². The molecular formula is C14H28. The van der Waals surface area contributed by atoms with Crippen molar-refractivity contribution in [3.8, 4) is 0 Å². The highest BCUT2D eigenvalue weighted by Crippen LogP contribution is 2.24. The van der Waals surface area contributed by atoms with E-state index in [-0.39, 0.29) is 0 Å². The van der Waals surface area contributed by atoms with Crippen molar-refractivity contribution in [2.45, 2.75) is 54.4 Å². The normalized spacial score (nSPS) is 16.9. The molecule has 0 bridgehead atoms. The van der Waals surface area contributed by atoms with Crippen LogP contribution in [0, 0.1) is 23.7 Å². The molecule has 0 aromatic carbocycles. The number of allylic oxidation sites excluding steroid dienone is 2. The molecule has 84 valence electrons. The topological polar surface area (TPSA) is 0 Å². The van der Waals surface area contributed by atoms with Crippen LogP contribution in [-0.4, -0.2) is 0 Å². The molecule has 0 heterocycles. The zero-order valence-electron chi connectivity index (χ0n) is 10.9. The minimum Gasteiger partial charge on any atom is -0.0857 e. The molecule has 0 amide bonds. The Hall–Kier alpha value is -0.260. The van der Waals surface area contributed by atoms with Gasteiger partial charge in [0.15, 0.2) is 0 Å². The highest BCUT2D eigenvalue weighted by molar-refractivity contribution is 4.92. The second-order valence-corrected chi connectivity index (χ2v) is 5.31. The van der Waals surface area contributed by atoms with E-state index < -0.39 is 0 Å². The Bertz CT molecular complexity index is 153. The molecule has 2 unspecified atom stereocenters. The lowest BCUT2D eigenvalue weighted by Crippen LogP contribution is -2.11. The SMILES string of the molecule is CCC(C=CC(C)C)C(C)CC(C)C. The molecule has 0 aliphatic carbocycles. The molecule has 2 atom stereocenters. The predicted octanol–water partition coefficient (Wildman–Crippen LogP) is 4.91. The lowest BCUT2D eigenvalue weighted by molar-refractivity contribution is 0.344. The Labute approximate surface area is 90.8 Å². The summed E-state index contributed by atoms with van der Waals surface area (Å²) in [6.07, 6.45) is 7.40. The average Bonchev–Trinajstić information content (AvgIpc) is 2.03. The van der Waals surface area contributed by atoms with Gasteiger partial charge in [0.1, 0.15) is 0 Å². The van der Waals surface area contributed by atoms with Gasteiger partial charge >= 0.3 is 0 Å². The third-order valence-corrected chi connectivity index (χ3v) is 2.79. The summed E-state index contributed by atoms with van der Waals surface area (Å²) in [4.78, 5) is 0. The van der Waals surface area contributed by atoms with E-state index in [1.165, 1.54) is 12.8 Å². The van der Waals surface area contributed by atoms with E-state index in [1.807, 2.05) is 0 Å². The molecule has 0 heteroatoms. The van der Waals surface area contributed by atoms with Gasteiger partial charge in [-0.2, -0.15) is 0 Å². The zero-order chi connectivity index (χ0) is 11.1. The number of hydrogen-bond acceptors (Lipinski definition) is 0. The Balaban J connectivity index is 4.11. The van der Waals surface area contributed by atoms with Crippen LogP contribution in [0.1, 0.15) is 54.4 Å². The fourth-order valence-electron chi connectivity index (χ4n) is 2.01. The summed E-state index contributed by atoms with van der Waals surface area (Å²) in [5, 5.41) is 0. The van der Waals surface area contributed by atoms with Gasteiger partial charge in [-0.15, -0.1) is 0 Å². The van der Waals surface area contributed by atoms with Gasteiger partial charge in [0.25, 0.3) is 0 Å². The molecule has 0 aliphatic heterocycles. The maximum atomic E-state index is 2.43. The second kappa shape index (κ2) is 7.09. The smallest absolute Gasteiger partial charge is 0.0210 e. The van der Waals surface area contributed by atoms with Crippen molar-refractivity contribution < 1.29 is 0 Å². The fourth-order valence-corrected chi connectivity index (χ4v) is 2.01. The van der Waals surface area contributed by atoms with Crippen LogP contribution in [0.4, 0.5) is 0 Å². The van der Waals surface area contributed by atoms with Crippen molar-refractivity contribution in [2.24, 2.45) is 23.7 Å². The molecule has 14 heavy (non-hydrogen) atoms. The summed E-state index contributed by atoms with van der Waals surface area (Å²) >= 11 is 0. The molecule has 0 aromatic rings. The third-order valence-electron chi connectivity index (χ3n) is 2.79. The van der Waals surface area contributed by atoms with Gasteiger partial charge < -0.3 is 0 Å². The minimum atomic E-state index is 0.690. The van der Waals surface area contributed by atoms with Crippen LogP contribution in [0.25, 0.3) is 0 Å². The second-order valence-electron chi connectivity index (χ2n) is 5.31. The van der Waals surface area contributed by atoms with Crippen molar-refractivity contribution in [2.75, 3.05) is 0 Å². The first-order chi connectivity index (χ1) is 6.47. The van der Waals surface area contributed by atoms with Crippen molar-refractivity contribution in [3.05, 3.63) is 12.2 Å². The molecule has 0 nitrogen and oxygen atoms in total. The maximum absolute atomic E-state index is 2.43. The summed E-state index contributed by atoms with van der Waals surface area (Å²) in [5.74, 6) is 3.12. The molecule has 0 saturated carbocycles. The lowest BCUT2D eigenvalue weighted by atomic mass is 9.84.